The predicted molar refractivity (Wildman–Crippen MR) is 78.1 cm³/mol. The van der Waals surface area contributed by atoms with Gasteiger partial charge in [-0.15, -0.1) is 5.11 Å². The van der Waals surface area contributed by atoms with Gasteiger partial charge in [0.15, 0.2) is 0 Å². The molecule has 2 aromatic rings. The first-order valence-corrected chi connectivity index (χ1v) is 6.23. The monoisotopic (exact) mass is 309 g/mol. The lowest BCUT2D eigenvalue weighted by atomic mass is 10.2. The van der Waals surface area contributed by atoms with Crippen LogP contribution in [0.5, 0.6) is 5.75 Å². The van der Waals surface area contributed by atoms with Crippen LogP contribution in [0.25, 0.3) is 0 Å². The number of hydrogen-bond donors (Lipinski definition) is 2. The molecule has 0 atom stereocenters. The zero-order valence-corrected chi connectivity index (χ0v) is 11.5. The molecule has 0 saturated heterocycles. The third kappa shape index (κ3) is 3.46. The molecule has 0 spiro atoms. The molecule has 0 fully saturated rings. The van der Waals surface area contributed by atoms with Gasteiger partial charge in [0.2, 0.25) is 0 Å². The van der Waals surface area contributed by atoms with E-state index in [-0.39, 0.29) is 5.75 Å². The normalized spacial score (nSPS) is 11.5. The highest BCUT2D eigenvalue weighted by atomic mass is 35.5. The van der Waals surface area contributed by atoms with Crippen molar-refractivity contribution in [1.29, 1.82) is 0 Å². The first kappa shape index (κ1) is 14.3. The van der Waals surface area contributed by atoms with Crippen LogP contribution < -0.4 is 0 Å². The largest absolute Gasteiger partial charge is 0.507 e. The Labute approximate surface area is 124 Å². The van der Waals surface area contributed by atoms with Crippen LogP contribution in [0.4, 0.5) is 11.4 Å². The Morgan fingerprint density at radius 1 is 1.00 bits per heavy atom. The number of oxime groups is 1. The Kier molecular flexibility index (Phi) is 4.55. The third-order valence-corrected chi connectivity index (χ3v) is 2.94. The molecule has 0 heterocycles. The number of benzene rings is 2. The van der Waals surface area contributed by atoms with E-state index in [1.165, 1.54) is 12.1 Å². The number of aromatic hydroxyl groups is 1. The van der Waals surface area contributed by atoms with Crippen molar-refractivity contribution in [3.8, 4) is 5.75 Å². The van der Waals surface area contributed by atoms with Gasteiger partial charge in [-0.25, -0.2) is 0 Å². The molecule has 20 heavy (non-hydrogen) atoms. The molecule has 2 rings (SSSR count). The maximum atomic E-state index is 9.52. The van der Waals surface area contributed by atoms with E-state index in [9.17, 15) is 5.11 Å². The van der Waals surface area contributed by atoms with Crippen LogP contribution >= 0.6 is 23.2 Å². The summed E-state index contributed by atoms with van der Waals surface area (Å²) < 4.78 is 0. The summed E-state index contributed by atoms with van der Waals surface area (Å²) in [4.78, 5) is 0. The summed E-state index contributed by atoms with van der Waals surface area (Å²) in [5.74, 6) is -0.0254. The van der Waals surface area contributed by atoms with Gasteiger partial charge in [-0.1, -0.05) is 28.4 Å². The van der Waals surface area contributed by atoms with Crippen molar-refractivity contribution >= 4 is 40.8 Å². The number of hydrogen-bond acceptors (Lipinski definition) is 5. The van der Waals surface area contributed by atoms with Gasteiger partial charge in [0.1, 0.15) is 11.4 Å². The molecule has 2 N–H and O–H groups in total. The summed E-state index contributed by atoms with van der Waals surface area (Å²) in [6, 6.07) is 9.36. The summed E-state index contributed by atoms with van der Waals surface area (Å²) in [6.45, 7) is 0. The lowest BCUT2D eigenvalue weighted by Gasteiger charge is -2.00. The SMILES string of the molecule is ON=Cc1cc(N=Nc2cc(Cl)ccc2Cl)ccc1O. The van der Waals surface area contributed by atoms with Crippen molar-refractivity contribution in [2.45, 2.75) is 0 Å². The van der Waals surface area contributed by atoms with Crippen LogP contribution in [0.15, 0.2) is 51.8 Å². The molecular weight excluding hydrogens is 301 g/mol. The van der Waals surface area contributed by atoms with Crippen molar-refractivity contribution in [2.75, 3.05) is 0 Å². The Bertz CT molecular complexity index is 687. The molecule has 0 aliphatic heterocycles. The quantitative estimate of drug-likeness (QED) is 0.365. The lowest BCUT2D eigenvalue weighted by Crippen LogP contribution is -1.81. The second-order valence-electron chi connectivity index (χ2n) is 3.78. The summed E-state index contributed by atoms with van der Waals surface area (Å²) in [6.07, 6.45) is 1.10. The van der Waals surface area contributed by atoms with Gasteiger partial charge >= 0.3 is 0 Å². The van der Waals surface area contributed by atoms with Crippen LogP contribution in [-0.2, 0) is 0 Å². The van der Waals surface area contributed by atoms with E-state index in [1.807, 2.05) is 0 Å². The highest BCUT2D eigenvalue weighted by Gasteiger charge is 2.02. The minimum atomic E-state index is -0.0254. The van der Waals surface area contributed by atoms with E-state index in [4.69, 9.17) is 28.4 Å². The van der Waals surface area contributed by atoms with E-state index in [0.29, 0.717) is 27.0 Å². The highest BCUT2D eigenvalue weighted by molar-refractivity contribution is 6.35. The third-order valence-electron chi connectivity index (χ3n) is 2.39. The number of azo groups is 1. The second-order valence-corrected chi connectivity index (χ2v) is 4.63. The zero-order chi connectivity index (χ0) is 14.5. The average molecular weight is 310 g/mol. The summed E-state index contributed by atoms with van der Waals surface area (Å²) in [5.41, 5.74) is 1.22. The van der Waals surface area contributed by atoms with E-state index in [1.54, 1.807) is 24.3 Å². The molecule has 0 radical (unpaired) electrons. The van der Waals surface area contributed by atoms with Crippen LogP contribution in [0.2, 0.25) is 10.0 Å². The van der Waals surface area contributed by atoms with E-state index >= 15 is 0 Å². The molecule has 0 aromatic heterocycles. The first-order valence-electron chi connectivity index (χ1n) is 5.47. The van der Waals surface area contributed by atoms with Crippen molar-refractivity contribution in [2.24, 2.45) is 15.4 Å². The summed E-state index contributed by atoms with van der Waals surface area (Å²) >= 11 is 11.8. The molecule has 0 amide bonds. The van der Waals surface area contributed by atoms with Crippen LogP contribution in [0, 0.1) is 0 Å². The van der Waals surface area contributed by atoms with Crippen molar-refractivity contribution in [3.05, 3.63) is 52.0 Å². The van der Waals surface area contributed by atoms with Crippen LogP contribution in [0.3, 0.4) is 0 Å². The molecule has 102 valence electrons. The topological polar surface area (TPSA) is 77.5 Å². The predicted octanol–water partition coefficient (Wildman–Crippen LogP) is 4.92. The maximum Gasteiger partial charge on any atom is 0.124 e. The van der Waals surface area contributed by atoms with Gasteiger partial charge in [-0.05, 0) is 36.4 Å². The summed E-state index contributed by atoms with van der Waals surface area (Å²) in [7, 11) is 0. The zero-order valence-electron chi connectivity index (χ0n) is 10.0. The van der Waals surface area contributed by atoms with Gasteiger partial charge in [0.25, 0.3) is 0 Å². The smallest absolute Gasteiger partial charge is 0.124 e. The lowest BCUT2D eigenvalue weighted by molar-refractivity contribution is 0.321. The molecule has 0 aliphatic carbocycles. The Balaban J connectivity index is 2.31. The van der Waals surface area contributed by atoms with Crippen molar-refractivity contribution < 1.29 is 10.3 Å². The molecule has 7 heteroatoms. The van der Waals surface area contributed by atoms with Gasteiger partial charge in [-0.3, -0.25) is 0 Å². The minimum Gasteiger partial charge on any atom is -0.507 e. The van der Waals surface area contributed by atoms with E-state index in [0.717, 1.165) is 6.21 Å². The van der Waals surface area contributed by atoms with Gasteiger partial charge in [-0.2, -0.15) is 5.11 Å². The average Bonchev–Trinajstić information content (AvgIpc) is 2.43. The fourth-order valence-corrected chi connectivity index (χ4v) is 1.77. The van der Waals surface area contributed by atoms with Crippen molar-refractivity contribution in [3.63, 3.8) is 0 Å². The summed E-state index contributed by atoms with van der Waals surface area (Å²) in [5, 5.41) is 29.8. The molecule has 5 nitrogen and oxygen atoms in total. The van der Waals surface area contributed by atoms with Crippen LogP contribution in [0.1, 0.15) is 5.56 Å². The Morgan fingerprint density at radius 3 is 2.55 bits per heavy atom. The Morgan fingerprint density at radius 2 is 1.80 bits per heavy atom. The second kappa shape index (κ2) is 6.36. The molecular formula is C13H9Cl2N3O2. The van der Waals surface area contributed by atoms with Crippen LogP contribution in [-0.4, -0.2) is 16.5 Å². The fraction of sp³-hybridized carbons (Fsp3) is 0. The molecule has 2 aromatic carbocycles. The first-order chi connectivity index (χ1) is 9.60. The molecule has 0 aliphatic rings. The fourth-order valence-electron chi connectivity index (χ4n) is 1.44. The molecule has 0 bridgehead atoms. The standard InChI is InChI=1S/C13H9Cl2N3O2/c14-9-1-3-11(15)12(6-9)18-17-10-2-4-13(19)8(5-10)7-16-20/h1-7,19-20H. The number of nitrogens with zero attached hydrogens (tertiary/aromatic N) is 3. The number of phenolic OH excluding ortho intramolecular Hbond substituents is 1. The van der Waals surface area contributed by atoms with Gasteiger partial charge in [0.05, 0.1) is 16.9 Å². The van der Waals surface area contributed by atoms with E-state index in [2.05, 4.69) is 15.4 Å². The van der Waals surface area contributed by atoms with Crippen molar-refractivity contribution in [1.82, 2.24) is 0 Å². The maximum absolute atomic E-state index is 9.52. The molecule has 0 unspecified atom stereocenters. The Hall–Kier alpha value is -2.11. The minimum absolute atomic E-state index is 0.0254. The number of rotatable bonds is 3. The molecule has 0 saturated carbocycles. The highest BCUT2D eigenvalue weighted by Crippen LogP contribution is 2.30. The number of phenols is 1. The van der Waals surface area contributed by atoms with Gasteiger partial charge < -0.3 is 10.3 Å². The van der Waals surface area contributed by atoms with E-state index < -0.39 is 0 Å². The number of halogens is 2. The van der Waals surface area contributed by atoms with Gasteiger partial charge in [0, 0.05) is 10.6 Å².